The molecule has 120 valence electrons. The third kappa shape index (κ3) is 5.11. The van der Waals surface area contributed by atoms with Gasteiger partial charge < -0.3 is 9.80 Å². The lowest BCUT2D eigenvalue weighted by molar-refractivity contribution is 0.412. The largest absolute Gasteiger partial charge is 0.355 e. The van der Waals surface area contributed by atoms with Gasteiger partial charge in [-0.2, -0.15) is 0 Å². The lowest BCUT2D eigenvalue weighted by Crippen LogP contribution is -2.34. The zero-order chi connectivity index (χ0) is 16.2. The van der Waals surface area contributed by atoms with Crippen molar-refractivity contribution in [1.29, 1.82) is 0 Å². The van der Waals surface area contributed by atoms with Gasteiger partial charge in [-0.05, 0) is 27.4 Å². The number of rotatable bonds is 6. The Labute approximate surface area is 134 Å². The van der Waals surface area contributed by atoms with E-state index in [-0.39, 0.29) is 5.41 Å². The first-order chi connectivity index (χ1) is 9.66. The maximum Gasteiger partial charge on any atom is 0.137 e. The van der Waals surface area contributed by atoms with E-state index in [9.17, 15) is 0 Å². The molecule has 0 saturated heterocycles. The van der Waals surface area contributed by atoms with Gasteiger partial charge in [0.25, 0.3) is 0 Å². The van der Waals surface area contributed by atoms with Crippen LogP contribution in [0.4, 0.5) is 5.82 Å². The van der Waals surface area contributed by atoms with Crippen molar-refractivity contribution in [1.82, 2.24) is 14.9 Å². The predicted octanol–water partition coefficient (Wildman–Crippen LogP) is 3.51. The van der Waals surface area contributed by atoms with Crippen molar-refractivity contribution in [2.45, 2.75) is 46.5 Å². The third-order valence-corrected chi connectivity index (χ3v) is 3.71. The Hall–Kier alpha value is -0.870. The molecule has 0 bridgehead atoms. The molecule has 1 heterocycles. The zero-order valence-corrected chi connectivity index (χ0v) is 15.3. The number of hydrogen-bond acceptors (Lipinski definition) is 4. The molecule has 0 radical (unpaired) electrons. The quantitative estimate of drug-likeness (QED) is 0.752. The molecule has 0 aromatic carbocycles. The Morgan fingerprint density at radius 2 is 1.67 bits per heavy atom. The second-order valence-electron chi connectivity index (χ2n) is 6.83. The summed E-state index contributed by atoms with van der Waals surface area (Å²) < 4.78 is 0. The van der Waals surface area contributed by atoms with Crippen molar-refractivity contribution in [3.8, 4) is 0 Å². The molecule has 5 heteroatoms. The first-order valence-electron chi connectivity index (χ1n) is 7.61. The molecule has 0 saturated carbocycles. The van der Waals surface area contributed by atoms with Gasteiger partial charge in [0.1, 0.15) is 16.8 Å². The van der Waals surface area contributed by atoms with E-state index in [0.717, 1.165) is 43.3 Å². The highest BCUT2D eigenvalue weighted by molar-refractivity contribution is 6.30. The van der Waals surface area contributed by atoms with E-state index in [1.807, 2.05) is 6.92 Å². The van der Waals surface area contributed by atoms with Crippen LogP contribution in [0.25, 0.3) is 0 Å². The summed E-state index contributed by atoms with van der Waals surface area (Å²) in [5.74, 6) is 1.78. The van der Waals surface area contributed by atoms with Gasteiger partial charge in [-0.25, -0.2) is 9.97 Å². The Balaban J connectivity index is 3.19. The monoisotopic (exact) mass is 312 g/mol. The molecule has 0 N–H and O–H groups in total. The molecule has 1 aromatic rings. The predicted molar refractivity (Wildman–Crippen MR) is 91.5 cm³/mol. The summed E-state index contributed by atoms with van der Waals surface area (Å²) in [5, 5.41) is 0.566. The zero-order valence-electron chi connectivity index (χ0n) is 14.5. The van der Waals surface area contributed by atoms with Gasteiger partial charge in [0, 0.05) is 30.6 Å². The van der Waals surface area contributed by atoms with E-state index < -0.39 is 0 Å². The van der Waals surface area contributed by atoms with Crippen molar-refractivity contribution in [2.75, 3.05) is 38.6 Å². The summed E-state index contributed by atoms with van der Waals surface area (Å²) in [5.41, 5.74) is 0.864. The number of aromatic nitrogens is 2. The Kier molecular flexibility index (Phi) is 6.41. The third-order valence-electron chi connectivity index (χ3n) is 3.34. The van der Waals surface area contributed by atoms with Crippen LogP contribution in [0.5, 0.6) is 0 Å². The minimum Gasteiger partial charge on any atom is -0.355 e. The van der Waals surface area contributed by atoms with E-state index in [0.29, 0.717) is 5.15 Å². The van der Waals surface area contributed by atoms with Crippen LogP contribution in [-0.2, 0) is 5.41 Å². The molecule has 0 atom stereocenters. The number of halogens is 1. The first-order valence-corrected chi connectivity index (χ1v) is 7.99. The van der Waals surface area contributed by atoms with Crippen LogP contribution in [0.3, 0.4) is 0 Å². The second kappa shape index (κ2) is 7.41. The molecule has 1 rings (SSSR count). The van der Waals surface area contributed by atoms with Crippen LogP contribution in [0, 0.1) is 6.92 Å². The lowest BCUT2D eigenvalue weighted by atomic mass is 9.95. The van der Waals surface area contributed by atoms with Crippen LogP contribution in [0.2, 0.25) is 5.15 Å². The SMILES string of the molecule is CCCN(CCN(C)C)c1nc(C(C)(C)C)nc(Cl)c1C. The van der Waals surface area contributed by atoms with Crippen molar-refractivity contribution in [2.24, 2.45) is 0 Å². The van der Waals surface area contributed by atoms with Gasteiger partial charge in [-0.15, -0.1) is 0 Å². The molecule has 0 aliphatic heterocycles. The standard InChI is InChI=1S/C16H29ClN4/c1-8-9-21(11-10-20(6)7)14-12(2)13(17)18-15(19-14)16(3,4)5/h8-11H2,1-7H3. The maximum absolute atomic E-state index is 6.34. The highest BCUT2D eigenvalue weighted by Crippen LogP contribution is 2.28. The Morgan fingerprint density at radius 3 is 2.14 bits per heavy atom. The minimum atomic E-state index is -0.106. The van der Waals surface area contributed by atoms with E-state index in [1.54, 1.807) is 0 Å². The molecule has 0 unspecified atom stereocenters. The fraction of sp³-hybridized carbons (Fsp3) is 0.750. The molecular weight excluding hydrogens is 284 g/mol. The summed E-state index contributed by atoms with van der Waals surface area (Å²) in [7, 11) is 4.18. The summed E-state index contributed by atoms with van der Waals surface area (Å²) in [4.78, 5) is 13.8. The summed E-state index contributed by atoms with van der Waals surface area (Å²) in [6.45, 7) is 13.4. The van der Waals surface area contributed by atoms with Gasteiger partial charge >= 0.3 is 0 Å². The van der Waals surface area contributed by atoms with E-state index >= 15 is 0 Å². The smallest absolute Gasteiger partial charge is 0.137 e. The van der Waals surface area contributed by atoms with Gasteiger partial charge in [0.05, 0.1) is 0 Å². The van der Waals surface area contributed by atoms with Crippen molar-refractivity contribution in [3.63, 3.8) is 0 Å². The molecule has 0 fully saturated rings. The topological polar surface area (TPSA) is 32.3 Å². The highest BCUT2D eigenvalue weighted by atomic mass is 35.5. The number of nitrogens with zero attached hydrogens (tertiary/aromatic N) is 4. The van der Waals surface area contributed by atoms with Crippen molar-refractivity contribution >= 4 is 17.4 Å². The lowest BCUT2D eigenvalue weighted by Gasteiger charge is -2.28. The maximum atomic E-state index is 6.34. The van der Waals surface area contributed by atoms with Crippen LogP contribution in [-0.4, -0.2) is 48.6 Å². The molecular formula is C16H29ClN4. The fourth-order valence-electron chi connectivity index (χ4n) is 2.04. The average molecular weight is 313 g/mol. The van der Waals surface area contributed by atoms with E-state index in [4.69, 9.17) is 16.6 Å². The van der Waals surface area contributed by atoms with Gasteiger partial charge in [0.15, 0.2) is 0 Å². The second-order valence-corrected chi connectivity index (χ2v) is 7.18. The Morgan fingerprint density at radius 1 is 1.05 bits per heavy atom. The van der Waals surface area contributed by atoms with Crippen LogP contribution >= 0.6 is 11.6 Å². The summed E-state index contributed by atoms with van der Waals surface area (Å²) in [6.07, 6.45) is 1.08. The van der Waals surface area contributed by atoms with Crippen LogP contribution < -0.4 is 4.90 Å². The number of anilines is 1. The van der Waals surface area contributed by atoms with Crippen molar-refractivity contribution < 1.29 is 0 Å². The Bertz CT molecular complexity index is 466. The molecule has 21 heavy (non-hydrogen) atoms. The van der Waals surface area contributed by atoms with Crippen molar-refractivity contribution in [3.05, 3.63) is 16.5 Å². The number of likely N-dealkylation sites (N-methyl/N-ethyl adjacent to an activating group) is 1. The molecule has 0 aliphatic carbocycles. The fourth-order valence-corrected chi connectivity index (χ4v) is 2.20. The molecule has 0 amide bonds. The average Bonchev–Trinajstić information content (AvgIpc) is 2.36. The van der Waals surface area contributed by atoms with Gasteiger partial charge in [0.2, 0.25) is 0 Å². The molecule has 4 nitrogen and oxygen atoms in total. The van der Waals surface area contributed by atoms with Crippen LogP contribution in [0.1, 0.15) is 45.5 Å². The highest BCUT2D eigenvalue weighted by Gasteiger charge is 2.22. The van der Waals surface area contributed by atoms with Gasteiger partial charge in [-0.3, -0.25) is 0 Å². The normalized spacial score (nSPS) is 12.0. The minimum absolute atomic E-state index is 0.106. The summed E-state index contributed by atoms with van der Waals surface area (Å²) >= 11 is 6.34. The van der Waals surface area contributed by atoms with Gasteiger partial charge in [-0.1, -0.05) is 39.3 Å². The molecule has 0 aliphatic rings. The summed E-state index contributed by atoms with van der Waals surface area (Å²) in [6, 6.07) is 0. The van der Waals surface area contributed by atoms with Crippen LogP contribution in [0.15, 0.2) is 0 Å². The number of hydrogen-bond donors (Lipinski definition) is 0. The van der Waals surface area contributed by atoms with E-state index in [1.165, 1.54) is 0 Å². The molecule has 0 spiro atoms. The first kappa shape index (κ1) is 18.2. The molecule has 1 aromatic heterocycles. The van der Waals surface area contributed by atoms with E-state index in [2.05, 4.69) is 56.6 Å².